The van der Waals surface area contributed by atoms with Gasteiger partial charge >= 0.3 is 5.97 Å². The molecule has 122 valence electrons. The average molecular weight is 343 g/mol. The molecule has 0 aliphatic rings. The highest BCUT2D eigenvalue weighted by Crippen LogP contribution is 2.21. The normalized spacial score (nSPS) is 11.9. The molecule has 0 saturated carbocycles. The van der Waals surface area contributed by atoms with Crippen molar-refractivity contribution in [2.24, 2.45) is 0 Å². The van der Waals surface area contributed by atoms with Gasteiger partial charge in [-0.2, -0.15) is 0 Å². The first kappa shape index (κ1) is 17.0. The minimum atomic E-state index is -1.69. The van der Waals surface area contributed by atoms with Gasteiger partial charge in [-0.1, -0.05) is 0 Å². The molecule has 1 aromatic heterocycles. The molecule has 4 nitrogen and oxygen atoms in total. The van der Waals surface area contributed by atoms with Crippen molar-refractivity contribution in [1.29, 1.82) is 0 Å². The van der Waals surface area contributed by atoms with Gasteiger partial charge in [0.1, 0.15) is 4.88 Å². The molecule has 1 N–H and O–H groups in total. The third kappa shape index (κ3) is 3.70. The molecule has 1 atom stereocenters. The average Bonchev–Trinajstić information content (AvgIpc) is 2.93. The summed E-state index contributed by atoms with van der Waals surface area (Å²) in [7, 11) is 0. The van der Waals surface area contributed by atoms with Gasteiger partial charge in [0, 0.05) is 0 Å². The second-order valence-corrected chi connectivity index (χ2v) is 5.61. The van der Waals surface area contributed by atoms with E-state index in [2.05, 4.69) is 0 Å². The zero-order valence-electron chi connectivity index (χ0n) is 12.2. The van der Waals surface area contributed by atoms with Gasteiger partial charge in [0.25, 0.3) is 5.91 Å². The highest BCUT2D eigenvalue weighted by molar-refractivity contribution is 7.12. The molecule has 0 unspecified atom stereocenters. The zero-order chi connectivity index (χ0) is 17.1. The van der Waals surface area contributed by atoms with Gasteiger partial charge in [-0.3, -0.25) is 4.79 Å². The quantitative estimate of drug-likeness (QED) is 0.681. The lowest BCUT2D eigenvalue weighted by Gasteiger charge is -2.14. The summed E-state index contributed by atoms with van der Waals surface area (Å²) >= 11 is 1.16. The van der Waals surface area contributed by atoms with E-state index in [1.165, 1.54) is 6.92 Å². The summed E-state index contributed by atoms with van der Waals surface area (Å²) in [6.07, 6.45) is -1.24. The van der Waals surface area contributed by atoms with E-state index in [1.807, 2.05) is 5.32 Å². The van der Waals surface area contributed by atoms with E-state index in [9.17, 15) is 22.8 Å². The van der Waals surface area contributed by atoms with Gasteiger partial charge in [-0.25, -0.2) is 18.0 Å². The van der Waals surface area contributed by atoms with Gasteiger partial charge < -0.3 is 10.1 Å². The monoisotopic (exact) mass is 343 g/mol. The Kier molecular flexibility index (Phi) is 5.05. The van der Waals surface area contributed by atoms with Crippen molar-refractivity contribution >= 4 is 28.9 Å². The van der Waals surface area contributed by atoms with Crippen LogP contribution in [0.4, 0.5) is 18.9 Å². The Balaban J connectivity index is 2.05. The zero-order valence-corrected chi connectivity index (χ0v) is 13.0. The number of amides is 1. The highest BCUT2D eigenvalue weighted by atomic mass is 32.1. The SMILES string of the molecule is Cc1ccsc1C(=O)O[C@H](C)C(=O)Nc1ccc(F)c(F)c1F. The Labute approximate surface area is 133 Å². The van der Waals surface area contributed by atoms with Gasteiger partial charge in [0.2, 0.25) is 0 Å². The molecule has 2 rings (SSSR count). The Morgan fingerprint density at radius 3 is 2.48 bits per heavy atom. The van der Waals surface area contributed by atoms with E-state index in [4.69, 9.17) is 4.74 Å². The van der Waals surface area contributed by atoms with Crippen molar-refractivity contribution in [3.05, 3.63) is 51.5 Å². The predicted octanol–water partition coefficient (Wildman–Crippen LogP) is 3.66. The van der Waals surface area contributed by atoms with E-state index in [0.29, 0.717) is 16.5 Å². The van der Waals surface area contributed by atoms with Crippen LogP contribution < -0.4 is 5.32 Å². The molecule has 0 aliphatic carbocycles. The van der Waals surface area contributed by atoms with Crippen molar-refractivity contribution in [2.45, 2.75) is 20.0 Å². The summed E-state index contributed by atoms with van der Waals surface area (Å²) in [5, 5.41) is 3.75. The van der Waals surface area contributed by atoms with Gasteiger partial charge in [-0.05, 0) is 43.0 Å². The first-order valence-electron chi connectivity index (χ1n) is 6.50. The largest absolute Gasteiger partial charge is 0.448 e. The lowest BCUT2D eigenvalue weighted by atomic mass is 10.2. The van der Waals surface area contributed by atoms with E-state index < -0.39 is 41.1 Å². The number of thiophene rings is 1. The minimum absolute atomic E-state index is 0.351. The van der Waals surface area contributed by atoms with Gasteiger partial charge in [0.15, 0.2) is 23.6 Å². The number of carbonyl (C=O) groups is 2. The molecule has 0 fully saturated rings. The van der Waals surface area contributed by atoms with Gasteiger partial charge in [-0.15, -0.1) is 11.3 Å². The number of nitrogens with one attached hydrogen (secondary N) is 1. The van der Waals surface area contributed by atoms with E-state index in [1.54, 1.807) is 18.4 Å². The van der Waals surface area contributed by atoms with Crippen LogP contribution in [-0.4, -0.2) is 18.0 Å². The fourth-order valence-electron chi connectivity index (χ4n) is 1.71. The maximum atomic E-state index is 13.5. The number of esters is 1. The number of ether oxygens (including phenoxy) is 1. The standard InChI is InChI=1S/C15H12F3NO3S/c1-7-5-6-23-13(7)15(21)22-8(2)14(20)19-10-4-3-9(16)11(17)12(10)18/h3-6,8H,1-2H3,(H,19,20)/t8-/m1/s1. The van der Waals surface area contributed by atoms with Crippen LogP contribution >= 0.6 is 11.3 Å². The summed E-state index contributed by atoms with van der Waals surface area (Å²) in [4.78, 5) is 24.1. The number of hydrogen-bond acceptors (Lipinski definition) is 4. The molecule has 23 heavy (non-hydrogen) atoms. The molecular formula is C15H12F3NO3S. The van der Waals surface area contributed by atoms with Crippen LogP contribution in [0.2, 0.25) is 0 Å². The van der Waals surface area contributed by atoms with Crippen LogP contribution in [0.1, 0.15) is 22.2 Å². The molecule has 1 heterocycles. The molecule has 8 heteroatoms. The van der Waals surface area contributed by atoms with Crippen LogP contribution in [0.5, 0.6) is 0 Å². The number of rotatable bonds is 4. The molecule has 2 aromatic rings. The highest BCUT2D eigenvalue weighted by Gasteiger charge is 2.23. The summed E-state index contributed by atoms with van der Waals surface area (Å²) in [5.74, 6) is -6.14. The fraction of sp³-hybridized carbons (Fsp3) is 0.200. The lowest BCUT2D eigenvalue weighted by Crippen LogP contribution is -2.30. The van der Waals surface area contributed by atoms with Crippen molar-refractivity contribution < 1.29 is 27.5 Å². The third-order valence-corrected chi connectivity index (χ3v) is 3.99. The molecular weight excluding hydrogens is 331 g/mol. The smallest absolute Gasteiger partial charge is 0.349 e. The topological polar surface area (TPSA) is 55.4 Å². The van der Waals surface area contributed by atoms with Crippen molar-refractivity contribution in [2.75, 3.05) is 5.32 Å². The number of hydrogen-bond donors (Lipinski definition) is 1. The molecule has 0 radical (unpaired) electrons. The molecule has 0 aliphatic heterocycles. The summed E-state index contributed by atoms with van der Waals surface area (Å²) in [5.41, 5.74) is 0.170. The van der Waals surface area contributed by atoms with Crippen LogP contribution in [0.25, 0.3) is 0 Å². The van der Waals surface area contributed by atoms with Crippen LogP contribution in [0, 0.1) is 24.4 Å². The van der Waals surface area contributed by atoms with E-state index in [-0.39, 0.29) is 0 Å². The predicted molar refractivity (Wildman–Crippen MR) is 78.9 cm³/mol. The van der Waals surface area contributed by atoms with Crippen molar-refractivity contribution in [3.8, 4) is 0 Å². The van der Waals surface area contributed by atoms with E-state index in [0.717, 1.165) is 17.4 Å². The Bertz CT molecular complexity index is 760. The van der Waals surface area contributed by atoms with Crippen LogP contribution in [-0.2, 0) is 9.53 Å². The summed E-state index contributed by atoms with van der Waals surface area (Å²) in [6.45, 7) is 3.00. The molecule has 1 amide bonds. The number of anilines is 1. The summed E-state index contributed by atoms with van der Waals surface area (Å²) < 4.78 is 44.4. The van der Waals surface area contributed by atoms with Crippen LogP contribution in [0.3, 0.4) is 0 Å². The van der Waals surface area contributed by atoms with Crippen molar-refractivity contribution in [3.63, 3.8) is 0 Å². The Morgan fingerprint density at radius 2 is 1.87 bits per heavy atom. The molecule has 1 aromatic carbocycles. The maximum Gasteiger partial charge on any atom is 0.349 e. The number of carbonyl (C=O) groups excluding carboxylic acids is 2. The first-order valence-corrected chi connectivity index (χ1v) is 7.38. The second kappa shape index (κ2) is 6.82. The molecule has 0 spiro atoms. The number of benzene rings is 1. The van der Waals surface area contributed by atoms with Crippen molar-refractivity contribution in [1.82, 2.24) is 0 Å². The second-order valence-electron chi connectivity index (χ2n) is 4.69. The Hall–Kier alpha value is -2.35. The first-order chi connectivity index (χ1) is 10.8. The Morgan fingerprint density at radius 1 is 1.17 bits per heavy atom. The fourth-order valence-corrected chi connectivity index (χ4v) is 2.51. The van der Waals surface area contributed by atoms with Crippen LogP contribution in [0.15, 0.2) is 23.6 Å². The minimum Gasteiger partial charge on any atom is -0.448 e. The third-order valence-electron chi connectivity index (χ3n) is 2.99. The number of aryl methyl sites for hydroxylation is 1. The molecule has 0 saturated heterocycles. The maximum absolute atomic E-state index is 13.5. The lowest BCUT2D eigenvalue weighted by molar-refractivity contribution is -0.123. The summed E-state index contributed by atoms with van der Waals surface area (Å²) in [6, 6.07) is 3.28. The van der Waals surface area contributed by atoms with E-state index >= 15 is 0 Å². The molecule has 0 bridgehead atoms. The van der Waals surface area contributed by atoms with Gasteiger partial charge in [0.05, 0.1) is 5.69 Å². The number of halogens is 3.